The van der Waals surface area contributed by atoms with Gasteiger partial charge in [0.05, 0.1) is 12.8 Å². The topological polar surface area (TPSA) is 71.8 Å². The Morgan fingerprint density at radius 1 is 1.00 bits per heavy atom. The average molecular weight is 376 g/mol. The second kappa shape index (κ2) is 7.23. The summed E-state index contributed by atoms with van der Waals surface area (Å²) >= 11 is 0. The minimum atomic E-state index is -1.19. The second-order valence-electron chi connectivity index (χ2n) is 6.85. The molecule has 4 rings (SSSR count). The molecule has 0 saturated carbocycles. The molecular weight excluding hydrogens is 356 g/mol. The van der Waals surface area contributed by atoms with Crippen LogP contribution in [0.2, 0.25) is 0 Å². The number of hydrogen-bond acceptors (Lipinski definition) is 4. The summed E-state index contributed by atoms with van der Waals surface area (Å²) in [6.45, 7) is 2.25. The highest BCUT2D eigenvalue weighted by atomic mass is 16.5. The maximum Gasteiger partial charge on any atom is 0.325 e. The number of benzene rings is 2. The molecule has 0 spiro atoms. The lowest BCUT2D eigenvalue weighted by Gasteiger charge is -2.19. The van der Waals surface area contributed by atoms with E-state index in [1.807, 2.05) is 54.6 Å². The minimum absolute atomic E-state index is 0.156. The standard InChI is InChI=1S/C22H20N2O4/c1-22(19-11-6-12-27-19)20(25)24(21(26)23-22)14-17-9-5-10-18(13-17)28-15-16-7-3-2-4-8-16/h2-13H,14-15H2,1H3,(H,23,26). The molecule has 0 aliphatic carbocycles. The van der Waals surface area contributed by atoms with Crippen molar-refractivity contribution < 1.29 is 18.7 Å². The number of furan rings is 1. The van der Waals surface area contributed by atoms with E-state index in [9.17, 15) is 9.59 Å². The smallest absolute Gasteiger partial charge is 0.325 e. The fourth-order valence-corrected chi connectivity index (χ4v) is 3.23. The Balaban J connectivity index is 1.47. The molecule has 1 aromatic heterocycles. The zero-order valence-electron chi connectivity index (χ0n) is 15.4. The van der Waals surface area contributed by atoms with Gasteiger partial charge in [-0.15, -0.1) is 0 Å². The molecule has 1 N–H and O–H groups in total. The van der Waals surface area contributed by atoms with Crippen LogP contribution in [0.3, 0.4) is 0 Å². The normalized spacial score (nSPS) is 19.0. The van der Waals surface area contributed by atoms with Crippen LogP contribution in [0.15, 0.2) is 77.4 Å². The summed E-state index contributed by atoms with van der Waals surface area (Å²) in [5.74, 6) is 0.749. The second-order valence-corrected chi connectivity index (χ2v) is 6.85. The van der Waals surface area contributed by atoms with Crippen molar-refractivity contribution in [3.05, 3.63) is 89.9 Å². The van der Waals surface area contributed by atoms with Crippen LogP contribution >= 0.6 is 0 Å². The number of hydrogen-bond donors (Lipinski definition) is 1. The van der Waals surface area contributed by atoms with Crippen molar-refractivity contribution in [1.29, 1.82) is 0 Å². The Morgan fingerprint density at radius 2 is 1.79 bits per heavy atom. The van der Waals surface area contributed by atoms with Crippen molar-refractivity contribution in [3.63, 3.8) is 0 Å². The highest BCUT2D eigenvalue weighted by Crippen LogP contribution is 2.30. The molecule has 1 saturated heterocycles. The minimum Gasteiger partial charge on any atom is -0.489 e. The number of ether oxygens (including phenoxy) is 1. The quantitative estimate of drug-likeness (QED) is 0.664. The first kappa shape index (κ1) is 17.9. The third-order valence-electron chi connectivity index (χ3n) is 4.78. The van der Waals surface area contributed by atoms with Crippen LogP contribution in [-0.4, -0.2) is 16.8 Å². The Bertz CT molecular complexity index is 985. The SMILES string of the molecule is CC1(c2ccco2)NC(=O)N(Cc2cccc(OCc3ccccc3)c2)C1=O. The van der Waals surface area contributed by atoms with E-state index in [0.29, 0.717) is 18.1 Å². The van der Waals surface area contributed by atoms with Gasteiger partial charge in [0.2, 0.25) is 0 Å². The van der Waals surface area contributed by atoms with Gasteiger partial charge in [-0.05, 0) is 42.3 Å². The van der Waals surface area contributed by atoms with Crippen LogP contribution in [0.1, 0.15) is 23.8 Å². The first-order chi connectivity index (χ1) is 13.6. The van der Waals surface area contributed by atoms with Gasteiger partial charge in [0, 0.05) is 0 Å². The molecule has 1 unspecified atom stereocenters. The van der Waals surface area contributed by atoms with Gasteiger partial charge in [-0.3, -0.25) is 9.69 Å². The van der Waals surface area contributed by atoms with Crippen molar-refractivity contribution >= 4 is 11.9 Å². The number of nitrogens with one attached hydrogen (secondary N) is 1. The number of carbonyl (C=O) groups is 2. The van der Waals surface area contributed by atoms with Gasteiger partial charge in [-0.25, -0.2) is 4.79 Å². The molecule has 28 heavy (non-hydrogen) atoms. The predicted molar refractivity (Wildman–Crippen MR) is 102 cm³/mol. The van der Waals surface area contributed by atoms with E-state index in [1.165, 1.54) is 11.2 Å². The molecular formula is C22H20N2O4. The van der Waals surface area contributed by atoms with Crippen molar-refractivity contribution in [3.8, 4) is 5.75 Å². The van der Waals surface area contributed by atoms with Crippen LogP contribution in [0.5, 0.6) is 5.75 Å². The lowest BCUT2D eigenvalue weighted by atomic mass is 9.99. The summed E-state index contributed by atoms with van der Waals surface area (Å²) in [6, 6.07) is 20.2. The Hall–Kier alpha value is -3.54. The lowest BCUT2D eigenvalue weighted by molar-refractivity contribution is -0.132. The first-order valence-electron chi connectivity index (χ1n) is 9.00. The fourth-order valence-electron chi connectivity index (χ4n) is 3.23. The molecule has 0 radical (unpaired) electrons. The predicted octanol–water partition coefficient (Wildman–Crippen LogP) is 3.83. The van der Waals surface area contributed by atoms with Crippen LogP contribution in [0.25, 0.3) is 0 Å². The maximum absolute atomic E-state index is 12.9. The van der Waals surface area contributed by atoms with E-state index in [1.54, 1.807) is 19.1 Å². The number of carbonyl (C=O) groups excluding carboxylic acids is 2. The number of urea groups is 1. The lowest BCUT2D eigenvalue weighted by Crippen LogP contribution is -2.40. The van der Waals surface area contributed by atoms with Crippen LogP contribution in [0.4, 0.5) is 4.79 Å². The number of nitrogens with zero attached hydrogens (tertiary/aromatic N) is 1. The summed E-state index contributed by atoms with van der Waals surface area (Å²) in [5.41, 5.74) is 0.677. The van der Waals surface area contributed by atoms with Crippen molar-refractivity contribution in [2.45, 2.75) is 25.6 Å². The van der Waals surface area contributed by atoms with Gasteiger partial charge in [0.1, 0.15) is 18.1 Å². The third-order valence-corrected chi connectivity index (χ3v) is 4.78. The van der Waals surface area contributed by atoms with Gasteiger partial charge in [-0.1, -0.05) is 42.5 Å². The molecule has 1 atom stereocenters. The monoisotopic (exact) mass is 376 g/mol. The van der Waals surface area contributed by atoms with Crippen molar-refractivity contribution in [2.24, 2.45) is 0 Å². The van der Waals surface area contributed by atoms with E-state index in [-0.39, 0.29) is 12.5 Å². The largest absolute Gasteiger partial charge is 0.489 e. The van der Waals surface area contributed by atoms with Crippen molar-refractivity contribution in [1.82, 2.24) is 10.2 Å². The Labute approximate surface area is 162 Å². The zero-order valence-corrected chi connectivity index (χ0v) is 15.4. The first-order valence-corrected chi connectivity index (χ1v) is 9.00. The summed E-state index contributed by atoms with van der Waals surface area (Å²) in [4.78, 5) is 26.5. The van der Waals surface area contributed by atoms with Gasteiger partial charge >= 0.3 is 6.03 Å². The van der Waals surface area contributed by atoms with Crippen LogP contribution < -0.4 is 10.1 Å². The van der Waals surface area contributed by atoms with E-state index in [2.05, 4.69) is 5.32 Å². The average Bonchev–Trinajstić information content (AvgIpc) is 3.32. The molecule has 6 nitrogen and oxygen atoms in total. The maximum atomic E-state index is 12.9. The summed E-state index contributed by atoms with van der Waals surface area (Å²) in [7, 11) is 0. The summed E-state index contributed by atoms with van der Waals surface area (Å²) in [6.07, 6.45) is 1.48. The highest BCUT2D eigenvalue weighted by Gasteiger charge is 2.50. The molecule has 0 bridgehead atoms. The summed E-state index contributed by atoms with van der Waals surface area (Å²) in [5, 5.41) is 2.73. The molecule has 2 aromatic carbocycles. The van der Waals surface area contributed by atoms with E-state index in [0.717, 1.165) is 11.1 Å². The Morgan fingerprint density at radius 3 is 2.54 bits per heavy atom. The van der Waals surface area contributed by atoms with Crippen LogP contribution in [0, 0.1) is 0 Å². The van der Waals surface area contributed by atoms with Gasteiger partial charge in [0.25, 0.3) is 5.91 Å². The molecule has 6 heteroatoms. The summed E-state index contributed by atoms with van der Waals surface area (Å²) < 4.78 is 11.2. The van der Waals surface area contributed by atoms with E-state index in [4.69, 9.17) is 9.15 Å². The number of imide groups is 1. The third kappa shape index (κ3) is 3.36. The number of amides is 3. The Kier molecular flexibility index (Phi) is 4.61. The molecule has 1 aliphatic heterocycles. The van der Waals surface area contributed by atoms with Gasteiger partial charge < -0.3 is 14.5 Å². The molecule has 3 amide bonds. The fraction of sp³-hybridized carbons (Fsp3) is 0.182. The molecule has 3 aromatic rings. The molecule has 1 fully saturated rings. The van der Waals surface area contributed by atoms with Gasteiger partial charge in [-0.2, -0.15) is 0 Å². The van der Waals surface area contributed by atoms with E-state index < -0.39 is 11.6 Å². The molecule has 1 aliphatic rings. The van der Waals surface area contributed by atoms with E-state index >= 15 is 0 Å². The van der Waals surface area contributed by atoms with Crippen LogP contribution in [-0.2, 0) is 23.5 Å². The highest BCUT2D eigenvalue weighted by molar-refractivity contribution is 6.06. The van der Waals surface area contributed by atoms with Crippen molar-refractivity contribution in [2.75, 3.05) is 0 Å². The van der Waals surface area contributed by atoms with Gasteiger partial charge in [0.15, 0.2) is 5.54 Å². The molecule has 2 heterocycles. The zero-order chi connectivity index (χ0) is 19.6. The number of rotatable bonds is 6. The molecule has 142 valence electrons.